The number of carbonyl (C=O) groups excluding carboxylic acids is 1. The number of hydrazone groups is 1. The van der Waals surface area contributed by atoms with E-state index in [4.69, 9.17) is 9.84 Å². The number of amides is 1. The number of non-ortho nitro benzene ring substituents is 1. The maximum Gasteiger partial charge on any atom is 0.269 e. The molecule has 3 heterocycles. The molecule has 1 aliphatic heterocycles. The number of nitro benzene ring substituents is 1. The molecular weight excluding hydrogens is 556 g/mol. The minimum absolute atomic E-state index is 0.0606. The van der Waals surface area contributed by atoms with Gasteiger partial charge >= 0.3 is 0 Å². The Morgan fingerprint density at radius 2 is 1.85 bits per heavy atom. The molecule has 0 N–H and O–H groups in total. The molecule has 0 saturated heterocycles. The standard InChI is InChI=1S/C31H26N4O4S2/c1-39-24-14-10-22(11-15-24)28-17-26(29-7-4-16-40-29)32-34(28)31(36)20-41-30-19-33(27-6-3-2-5-25(27)30)18-21-8-12-23(13-9-21)35(37)38/h2-16,19,28H,17-18,20H2,1H3. The summed E-state index contributed by atoms with van der Waals surface area (Å²) in [5.41, 5.74) is 3.99. The lowest BCUT2D eigenvalue weighted by Crippen LogP contribution is -2.28. The van der Waals surface area contributed by atoms with Crippen molar-refractivity contribution in [1.82, 2.24) is 9.58 Å². The molecule has 0 fully saturated rings. The smallest absolute Gasteiger partial charge is 0.269 e. The molecule has 0 aliphatic carbocycles. The molecule has 0 bridgehead atoms. The Bertz CT molecular complexity index is 1730. The maximum absolute atomic E-state index is 13.7. The molecule has 1 atom stereocenters. The number of nitro groups is 1. The van der Waals surface area contributed by atoms with Gasteiger partial charge in [-0.15, -0.1) is 23.1 Å². The van der Waals surface area contributed by atoms with E-state index in [0.717, 1.165) is 43.3 Å². The van der Waals surface area contributed by atoms with Crippen LogP contribution in [0.3, 0.4) is 0 Å². The predicted molar refractivity (Wildman–Crippen MR) is 163 cm³/mol. The molecule has 1 unspecified atom stereocenters. The third kappa shape index (κ3) is 5.61. The van der Waals surface area contributed by atoms with Crippen LogP contribution in [0.1, 0.15) is 28.5 Å². The second-order valence-corrected chi connectivity index (χ2v) is 11.6. The first-order valence-electron chi connectivity index (χ1n) is 13.0. The molecule has 5 aromatic rings. The van der Waals surface area contributed by atoms with Gasteiger partial charge in [0.1, 0.15) is 5.75 Å². The third-order valence-corrected chi connectivity index (χ3v) is 9.02. The van der Waals surface area contributed by atoms with Crippen molar-refractivity contribution in [2.45, 2.75) is 23.9 Å². The molecule has 2 aromatic heterocycles. The molecular formula is C31H26N4O4S2. The number of thiophene rings is 1. The number of para-hydroxylation sites is 1. The van der Waals surface area contributed by atoms with Crippen molar-refractivity contribution in [3.8, 4) is 5.75 Å². The van der Waals surface area contributed by atoms with Gasteiger partial charge in [0.2, 0.25) is 0 Å². The van der Waals surface area contributed by atoms with Crippen LogP contribution in [-0.4, -0.2) is 39.0 Å². The fourth-order valence-electron chi connectivity index (χ4n) is 5.00. The summed E-state index contributed by atoms with van der Waals surface area (Å²) in [6.07, 6.45) is 2.70. The van der Waals surface area contributed by atoms with Crippen molar-refractivity contribution in [1.29, 1.82) is 0 Å². The highest BCUT2D eigenvalue weighted by molar-refractivity contribution is 8.00. The average Bonchev–Trinajstić information content (AvgIpc) is 3.76. The summed E-state index contributed by atoms with van der Waals surface area (Å²) in [6.45, 7) is 0.563. The zero-order valence-corrected chi connectivity index (χ0v) is 23.8. The van der Waals surface area contributed by atoms with Crippen LogP contribution >= 0.6 is 23.1 Å². The first kappa shape index (κ1) is 26.8. The number of rotatable bonds is 9. The van der Waals surface area contributed by atoms with E-state index < -0.39 is 4.92 Å². The van der Waals surface area contributed by atoms with Crippen molar-refractivity contribution in [2.75, 3.05) is 12.9 Å². The quantitative estimate of drug-likeness (QED) is 0.105. The van der Waals surface area contributed by atoms with E-state index >= 15 is 0 Å². The monoisotopic (exact) mass is 582 g/mol. The zero-order valence-electron chi connectivity index (χ0n) is 22.2. The van der Waals surface area contributed by atoms with E-state index in [-0.39, 0.29) is 23.4 Å². The summed E-state index contributed by atoms with van der Waals surface area (Å²) in [4.78, 5) is 26.4. The van der Waals surface area contributed by atoms with E-state index in [0.29, 0.717) is 13.0 Å². The number of hydrogen-bond donors (Lipinski definition) is 0. The topological polar surface area (TPSA) is 90.0 Å². The number of aromatic nitrogens is 1. The van der Waals surface area contributed by atoms with Crippen LogP contribution in [0.2, 0.25) is 0 Å². The van der Waals surface area contributed by atoms with Gasteiger partial charge in [0.05, 0.1) is 34.4 Å². The molecule has 1 amide bonds. The van der Waals surface area contributed by atoms with Gasteiger partial charge in [0, 0.05) is 47.1 Å². The van der Waals surface area contributed by atoms with E-state index in [1.807, 2.05) is 60.0 Å². The van der Waals surface area contributed by atoms with Crippen molar-refractivity contribution in [2.24, 2.45) is 5.10 Å². The first-order valence-corrected chi connectivity index (χ1v) is 14.9. The third-order valence-electron chi connectivity index (χ3n) is 7.08. The molecule has 41 heavy (non-hydrogen) atoms. The van der Waals surface area contributed by atoms with Gasteiger partial charge in [-0.05, 0) is 40.8 Å². The second kappa shape index (κ2) is 11.6. The average molecular weight is 583 g/mol. The highest BCUT2D eigenvalue weighted by Crippen LogP contribution is 2.36. The molecule has 0 radical (unpaired) electrons. The van der Waals surface area contributed by atoms with Crippen molar-refractivity contribution < 1.29 is 14.5 Å². The Labute approximate surface area is 245 Å². The van der Waals surface area contributed by atoms with Gasteiger partial charge in [-0.3, -0.25) is 14.9 Å². The number of ether oxygens (including phenoxy) is 1. The van der Waals surface area contributed by atoms with Crippen molar-refractivity contribution in [3.05, 3.63) is 123 Å². The lowest BCUT2D eigenvalue weighted by molar-refractivity contribution is -0.384. The summed E-state index contributed by atoms with van der Waals surface area (Å²) in [5, 5.41) is 20.5. The van der Waals surface area contributed by atoms with Crippen molar-refractivity contribution in [3.63, 3.8) is 0 Å². The Kier molecular flexibility index (Phi) is 7.58. The zero-order chi connectivity index (χ0) is 28.3. The molecule has 0 saturated carbocycles. The molecule has 3 aromatic carbocycles. The Hall–Kier alpha value is -4.41. The highest BCUT2D eigenvalue weighted by Gasteiger charge is 2.33. The molecule has 6 rings (SSSR count). The minimum Gasteiger partial charge on any atom is -0.497 e. The Morgan fingerprint density at radius 3 is 2.56 bits per heavy atom. The van der Waals surface area contributed by atoms with E-state index in [9.17, 15) is 14.9 Å². The maximum atomic E-state index is 13.7. The number of fused-ring (bicyclic) bond motifs is 1. The van der Waals surface area contributed by atoms with Crippen LogP contribution in [0.5, 0.6) is 5.75 Å². The summed E-state index contributed by atoms with van der Waals surface area (Å²) >= 11 is 3.12. The molecule has 1 aliphatic rings. The van der Waals surface area contributed by atoms with Crippen LogP contribution in [-0.2, 0) is 11.3 Å². The fraction of sp³-hybridized carbons (Fsp3) is 0.161. The Morgan fingerprint density at radius 1 is 1.07 bits per heavy atom. The van der Waals surface area contributed by atoms with Gasteiger partial charge in [0.15, 0.2) is 0 Å². The van der Waals surface area contributed by atoms with E-state index in [2.05, 4.69) is 16.8 Å². The van der Waals surface area contributed by atoms with E-state index in [1.54, 1.807) is 35.6 Å². The van der Waals surface area contributed by atoms with Crippen LogP contribution in [0.4, 0.5) is 5.69 Å². The summed E-state index contributed by atoms with van der Waals surface area (Å²) in [7, 11) is 1.64. The fourth-order valence-corrected chi connectivity index (χ4v) is 6.66. The number of thioether (sulfide) groups is 1. The lowest BCUT2D eigenvalue weighted by atomic mass is 10.0. The summed E-state index contributed by atoms with van der Waals surface area (Å²) < 4.78 is 7.44. The number of hydrogen-bond acceptors (Lipinski definition) is 7. The highest BCUT2D eigenvalue weighted by atomic mass is 32.2. The number of benzene rings is 3. The summed E-state index contributed by atoms with van der Waals surface area (Å²) in [5.74, 6) is 0.943. The molecule has 10 heteroatoms. The number of methoxy groups -OCH3 is 1. The van der Waals surface area contributed by atoms with Gasteiger partial charge in [-0.1, -0.05) is 48.5 Å². The lowest BCUT2D eigenvalue weighted by Gasteiger charge is -2.22. The van der Waals surface area contributed by atoms with Crippen LogP contribution < -0.4 is 4.74 Å². The van der Waals surface area contributed by atoms with Crippen LogP contribution in [0.15, 0.2) is 107 Å². The van der Waals surface area contributed by atoms with Gasteiger partial charge in [-0.2, -0.15) is 5.10 Å². The number of carbonyl (C=O) groups is 1. The normalized spacial score (nSPS) is 14.8. The summed E-state index contributed by atoms with van der Waals surface area (Å²) in [6, 6.07) is 26.3. The molecule has 8 nitrogen and oxygen atoms in total. The SMILES string of the molecule is COc1ccc(C2CC(c3cccs3)=NN2C(=O)CSc2cn(Cc3ccc([N+](=O)[O-])cc3)c3ccccc23)cc1. The van der Waals surface area contributed by atoms with Crippen molar-refractivity contribution >= 4 is 51.3 Å². The van der Waals surface area contributed by atoms with E-state index in [1.165, 1.54) is 23.9 Å². The predicted octanol–water partition coefficient (Wildman–Crippen LogP) is 7.14. The Balaban J connectivity index is 1.23. The number of nitrogens with zero attached hydrogens (tertiary/aromatic N) is 4. The second-order valence-electron chi connectivity index (χ2n) is 9.61. The molecule has 206 valence electrons. The van der Waals surface area contributed by atoms with Gasteiger partial charge < -0.3 is 9.30 Å². The van der Waals surface area contributed by atoms with Gasteiger partial charge in [-0.25, -0.2) is 5.01 Å². The van der Waals surface area contributed by atoms with Gasteiger partial charge in [0.25, 0.3) is 11.6 Å². The molecule has 0 spiro atoms. The minimum atomic E-state index is -0.395. The van der Waals surface area contributed by atoms with Crippen LogP contribution in [0, 0.1) is 10.1 Å². The first-order chi connectivity index (χ1) is 20.0. The largest absolute Gasteiger partial charge is 0.497 e. The van der Waals surface area contributed by atoms with Crippen LogP contribution in [0.25, 0.3) is 10.9 Å².